The summed E-state index contributed by atoms with van der Waals surface area (Å²) in [5, 5.41) is 0. The van der Waals surface area contributed by atoms with Gasteiger partial charge in [0.1, 0.15) is 0 Å². The van der Waals surface area contributed by atoms with E-state index < -0.39 is 0 Å². The number of carbonyl (C=O) groups is 1. The molecule has 1 aliphatic heterocycles. The summed E-state index contributed by atoms with van der Waals surface area (Å²) in [4.78, 5) is 14.4. The number of hydrogen-bond acceptors (Lipinski definition) is 2. The van der Waals surface area contributed by atoms with Gasteiger partial charge in [-0.2, -0.15) is 0 Å². The summed E-state index contributed by atoms with van der Waals surface area (Å²) >= 11 is 0. The SMILES string of the molecule is NC(=O)c1cccc(C23CCCC(C2)N(CC2Cc4ccccc4C2)CC3)c1. The van der Waals surface area contributed by atoms with Gasteiger partial charge in [-0.25, -0.2) is 0 Å². The monoisotopic (exact) mass is 374 g/mol. The van der Waals surface area contributed by atoms with Crippen LogP contribution in [0.15, 0.2) is 48.5 Å². The lowest BCUT2D eigenvalue weighted by Gasteiger charge is -2.51. The van der Waals surface area contributed by atoms with Crippen LogP contribution < -0.4 is 5.73 Å². The Labute approximate surface area is 167 Å². The summed E-state index contributed by atoms with van der Waals surface area (Å²) < 4.78 is 0. The van der Waals surface area contributed by atoms with E-state index in [2.05, 4.69) is 41.3 Å². The second kappa shape index (κ2) is 7.04. The van der Waals surface area contributed by atoms with Gasteiger partial charge < -0.3 is 10.6 Å². The fourth-order valence-electron chi connectivity index (χ4n) is 6.17. The summed E-state index contributed by atoms with van der Waals surface area (Å²) in [5.74, 6) is 0.453. The zero-order valence-electron chi connectivity index (χ0n) is 16.6. The summed E-state index contributed by atoms with van der Waals surface area (Å²) in [6.07, 6.45) is 8.76. The predicted octanol–water partition coefficient (Wildman–Crippen LogP) is 4.09. The molecule has 146 valence electrons. The molecule has 3 heteroatoms. The van der Waals surface area contributed by atoms with Crippen LogP contribution in [0.1, 0.15) is 59.2 Å². The van der Waals surface area contributed by atoms with Crippen LogP contribution in [0.2, 0.25) is 0 Å². The Bertz CT molecular complexity index is 867. The fraction of sp³-hybridized carbons (Fsp3) is 0.480. The molecule has 2 aliphatic carbocycles. The highest BCUT2D eigenvalue weighted by atomic mass is 16.1. The molecule has 2 aromatic rings. The average molecular weight is 375 g/mol. The number of carbonyl (C=O) groups excluding carboxylic acids is 1. The first kappa shape index (κ1) is 17.9. The number of amides is 1. The molecule has 1 saturated heterocycles. The molecule has 0 radical (unpaired) electrons. The van der Waals surface area contributed by atoms with Gasteiger partial charge in [-0.15, -0.1) is 0 Å². The van der Waals surface area contributed by atoms with E-state index >= 15 is 0 Å². The highest BCUT2D eigenvalue weighted by Crippen LogP contribution is 2.47. The number of likely N-dealkylation sites (tertiary alicyclic amines) is 1. The molecule has 1 saturated carbocycles. The molecule has 2 bridgehead atoms. The molecule has 2 aromatic carbocycles. The maximum Gasteiger partial charge on any atom is 0.248 e. The van der Waals surface area contributed by atoms with Crippen molar-refractivity contribution in [1.82, 2.24) is 4.90 Å². The van der Waals surface area contributed by atoms with E-state index in [0.717, 1.165) is 5.92 Å². The summed E-state index contributed by atoms with van der Waals surface area (Å²) in [6.45, 7) is 2.41. The van der Waals surface area contributed by atoms with Crippen molar-refractivity contribution in [2.24, 2.45) is 11.7 Å². The normalized spacial score (nSPS) is 27.5. The zero-order valence-corrected chi connectivity index (χ0v) is 16.6. The average Bonchev–Trinajstić information content (AvgIpc) is 3.13. The van der Waals surface area contributed by atoms with Gasteiger partial charge in [-0.1, -0.05) is 42.8 Å². The quantitative estimate of drug-likeness (QED) is 0.876. The lowest BCUT2D eigenvalue weighted by atomic mass is 9.63. The summed E-state index contributed by atoms with van der Waals surface area (Å²) in [6, 6.07) is 17.8. The van der Waals surface area contributed by atoms with E-state index in [1.54, 1.807) is 11.1 Å². The van der Waals surface area contributed by atoms with Crippen molar-refractivity contribution in [3.05, 3.63) is 70.8 Å². The van der Waals surface area contributed by atoms with Gasteiger partial charge in [0, 0.05) is 18.2 Å². The van der Waals surface area contributed by atoms with Gasteiger partial charge in [-0.3, -0.25) is 4.79 Å². The number of nitrogens with two attached hydrogens (primary N) is 1. The van der Waals surface area contributed by atoms with Crippen LogP contribution in [0, 0.1) is 5.92 Å². The molecule has 28 heavy (non-hydrogen) atoms. The molecule has 2 fully saturated rings. The molecule has 1 amide bonds. The van der Waals surface area contributed by atoms with Gasteiger partial charge in [0.05, 0.1) is 0 Å². The van der Waals surface area contributed by atoms with Crippen LogP contribution in [0.5, 0.6) is 0 Å². The first-order chi connectivity index (χ1) is 13.6. The Morgan fingerprint density at radius 1 is 1.07 bits per heavy atom. The van der Waals surface area contributed by atoms with Crippen molar-refractivity contribution in [3.8, 4) is 0 Å². The maximum absolute atomic E-state index is 11.7. The van der Waals surface area contributed by atoms with Crippen molar-refractivity contribution in [2.75, 3.05) is 13.1 Å². The van der Waals surface area contributed by atoms with Gasteiger partial charge >= 0.3 is 0 Å². The van der Waals surface area contributed by atoms with E-state index in [0.29, 0.717) is 11.6 Å². The van der Waals surface area contributed by atoms with Gasteiger partial charge in [0.25, 0.3) is 0 Å². The van der Waals surface area contributed by atoms with Crippen LogP contribution in [-0.4, -0.2) is 29.9 Å². The van der Waals surface area contributed by atoms with E-state index in [1.807, 2.05) is 12.1 Å². The Morgan fingerprint density at radius 2 is 1.86 bits per heavy atom. The van der Waals surface area contributed by atoms with Gasteiger partial charge in [0.15, 0.2) is 0 Å². The van der Waals surface area contributed by atoms with E-state index in [1.165, 1.54) is 63.6 Å². The molecule has 2 unspecified atom stereocenters. The lowest BCUT2D eigenvalue weighted by molar-refractivity contribution is 0.0410. The van der Waals surface area contributed by atoms with Crippen molar-refractivity contribution in [2.45, 2.75) is 56.4 Å². The smallest absolute Gasteiger partial charge is 0.248 e. The molecule has 3 aliphatic rings. The van der Waals surface area contributed by atoms with Gasteiger partial charge in [0.2, 0.25) is 5.91 Å². The van der Waals surface area contributed by atoms with Crippen LogP contribution in [0.3, 0.4) is 0 Å². The number of fused-ring (bicyclic) bond motifs is 3. The maximum atomic E-state index is 11.7. The number of primary amides is 1. The van der Waals surface area contributed by atoms with E-state index in [4.69, 9.17) is 5.73 Å². The third-order valence-electron chi connectivity index (χ3n) is 7.60. The fourth-order valence-corrected chi connectivity index (χ4v) is 6.17. The summed E-state index contributed by atoms with van der Waals surface area (Å²) in [7, 11) is 0. The molecule has 5 rings (SSSR count). The lowest BCUT2D eigenvalue weighted by Crippen LogP contribution is -2.53. The minimum atomic E-state index is -0.316. The number of rotatable bonds is 4. The minimum Gasteiger partial charge on any atom is -0.366 e. The number of benzene rings is 2. The highest BCUT2D eigenvalue weighted by Gasteiger charge is 2.44. The summed E-state index contributed by atoms with van der Waals surface area (Å²) in [5.41, 5.74) is 10.9. The van der Waals surface area contributed by atoms with Crippen LogP contribution in [0.4, 0.5) is 0 Å². The third-order valence-corrected chi connectivity index (χ3v) is 7.60. The standard InChI is InChI=1S/C25H30N2O/c26-24(28)21-7-3-8-22(15-21)25-10-4-9-23(16-25)27(12-11-25)17-18-13-19-5-1-2-6-20(19)14-18/h1-3,5-8,15,18,23H,4,9-14,16-17H2,(H2,26,28). The molecule has 1 heterocycles. The minimum absolute atomic E-state index is 0.240. The predicted molar refractivity (Wildman–Crippen MR) is 112 cm³/mol. The number of piperidine rings is 1. The Kier molecular flexibility index (Phi) is 4.51. The molecule has 2 atom stereocenters. The molecule has 0 spiro atoms. The second-order valence-electron chi connectivity index (χ2n) is 9.26. The van der Waals surface area contributed by atoms with Gasteiger partial charge in [-0.05, 0) is 85.2 Å². The zero-order chi connectivity index (χ0) is 19.1. The van der Waals surface area contributed by atoms with Crippen molar-refractivity contribution < 1.29 is 4.79 Å². The van der Waals surface area contributed by atoms with Crippen LogP contribution in [0.25, 0.3) is 0 Å². The van der Waals surface area contributed by atoms with Crippen molar-refractivity contribution in [1.29, 1.82) is 0 Å². The van der Waals surface area contributed by atoms with Crippen molar-refractivity contribution >= 4 is 5.91 Å². The molecular formula is C25H30N2O. The number of nitrogens with zero attached hydrogens (tertiary/aromatic N) is 1. The largest absolute Gasteiger partial charge is 0.366 e. The Morgan fingerprint density at radius 3 is 2.61 bits per heavy atom. The third kappa shape index (κ3) is 3.16. The van der Waals surface area contributed by atoms with E-state index in [-0.39, 0.29) is 11.3 Å². The second-order valence-corrected chi connectivity index (χ2v) is 9.26. The highest BCUT2D eigenvalue weighted by molar-refractivity contribution is 5.92. The Hall–Kier alpha value is -2.13. The van der Waals surface area contributed by atoms with Crippen LogP contribution >= 0.6 is 0 Å². The first-order valence-corrected chi connectivity index (χ1v) is 10.8. The molecule has 3 nitrogen and oxygen atoms in total. The molecular weight excluding hydrogens is 344 g/mol. The number of hydrogen-bond donors (Lipinski definition) is 1. The first-order valence-electron chi connectivity index (χ1n) is 10.8. The topological polar surface area (TPSA) is 46.3 Å². The van der Waals surface area contributed by atoms with Crippen LogP contribution in [-0.2, 0) is 18.3 Å². The molecule has 0 aromatic heterocycles. The van der Waals surface area contributed by atoms with Crippen molar-refractivity contribution in [3.63, 3.8) is 0 Å². The molecule has 2 N–H and O–H groups in total. The van der Waals surface area contributed by atoms with E-state index in [9.17, 15) is 4.79 Å². The Balaban J connectivity index is 1.31.